The second-order valence-electron chi connectivity index (χ2n) is 9.37. The SMILES string of the molecule is COC(=O)c1ccccc1S(=O)(=O)N1CCC(c2nc(-c3cc4c([nH]c3=O)CCNC4)no2)CC1.O=C(O)C(F)(F)F. The van der Waals surface area contributed by atoms with Crippen molar-refractivity contribution in [1.29, 1.82) is 0 Å². The lowest BCUT2D eigenvalue weighted by Crippen LogP contribution is -2.38. The number of sulfonamides is 1. The number of benzene rings is 1. The summed E-state index contributed by atoms with van der Waals surface area (Å²) < 4.78 is 69.8. The van der Waals surface area contributed by atoms with Gasteiger partial charge in [-0.1, -0.05) is 17.3 Å². The molecule has 1 fully saturated rings. The highest BCUT2D eigenvalue weighted by Crippen LogP contribution is 2.32. The zero-order valence-corrected chi connectivity index (χ0v) is 22.9. The van der Waals surface area contributed by atoms with E-state index < -0.39 is 28.1 Å². The molecule has 0 amide bonds. The van der Waals surface area contributed by atoms with Crippen LogP contribution in [0.1, 0.15) is 46.3 Å². The number of carbonyl (C=O) groups is 2. The molecule has 2 aliphatic heterocycles. The van der Waals surface area contributed by atoms with Crippen molar-refractivity contribution in [2.24, 2.45) is 0 Å². The Morgan fingerprint density at radius 2 is 1.86 bits per heavy atom. The lowest BCUT2D eigenvalue weighted by molar-refractivity contribution is -0.192. The van der Waals surface area contributed by atoms with Crippen LogP contribution >= 0.6 is 0 Å². The summed E-state index contributed by atoms with van der Waals surface area (Å²) in [6.07, 6.45) is -3.40. The van der Waals surface area contributed by atoms with Crippen molar-refractivity contribution < 1.29 is 45.5 Å². The Hall–Kier alpha value is -4.09. The van der Waals surface area contributed by atoms with Gasteiger partial charge in [-0.3, -0.25) is 4.79 Å². The van der Waals surface area contributed by atoms with Gasteiger partial charge in [-0.2, -0.15) is 22.5 Å². The number of piperidine rings is 1. The molecule has 2 aliphatic rings. The Labute approximate surface area is 236 Å². The van der Waals surface area contributed by atoms with Gasteiger partial charge >= 0.3 is 18.1 Å². The van der Waals surface area contributed by atoms with Crippen LogP contribution in [-0.2, 0) is 32.5 Å². The van der Waals surface area contributed by atoms with E-state index in [1.807, 2.05) is 0 Å². The van der Waals surface area contributed by atoms with Gasteiger partial charge in [-0.25, -0.2) is 18.0 Å². The third-order valence-electron chi connectivity index (χ3n) is 6.72. The minimum Gasteiger partial charge on any atom is -0.475 e. The number of nitrogens with zero attached hydrogens (tertiary/aromatic N) is 3. The van der Waals surface area contributed by atoms with Gasteiger partial charge in [0.25, 0.3) is 5.56 Å². The molecule has 17 heteroatoms. The first-order valence-electron chi connectivity index (χ1n) is 12.6. The van der Waals surface area contributed by atoms with E-state index in [2.05, 4.69) is 20.4 Å². The molecule has 42 heavy (non-hydrogen) atoms. The number of nitrogens with one attached hydrogen (secondary N) is 2. The number of carboxylic acid groups (broad SMARTS) is 1. The highest BCUT2D eigenvalue weighted by atomic mass is 32.2. The maximum absolute atomic E-state index is 13.2. The van der Waals surface area contributed by atoms with Crippen LogP contribution in [0, 0.1) is 0 Å². The van der Waals surface area contributed by atoms with Crippen LogP contribution in [0.5, 0.6) is 0 Å². The van der Waals surface area contributed by atoms with Gasteiger partial charge < -0.3 is 24.7 Å². The number of aliphatic carboxylic acids is 1. The average molecular weight is 614 g/mol. The second-order valence-corrected chi connectivity index (χ2v) is 11.3. The monoisotopic (exact) mass is 613 g/mol. The maximum Gasteiger partial charge on any atom is 0.490 e. The third-order valence-corrected chi connectivity index (χ3v) is 8.68. The molecule has 3 aromatic rings. The second kappa shape index (κ2) is 12.4. The fourth-order valence-electron chi connectivity index (χ4n) is 4.56. The predicted molar refractivity (Wildman–Crippen MR) is 138 cm³/mol. The quantitative estimate of drug-likeness (QED) is 0.358. The minimum atomic E-state index is -5.08. The number of hydrogen-bond acceptors (Lipinski definition) is 10. The van der Waals surface area contributed by atoms with Crippen LogP contribution in [0.15, 0.2) is 44.5 Å². The standard InChI is InChI=1S/C23H25N5O6S.C2HF3O2/c1-33-23(30)16-4-2-3-5-19(16)35(31,32)28-10-7-14(8-11-28)22-26-20(27-34-22)17-12-15-13-24-9-6-18(15)25-21(17)29;3-2(4,5)1(6)7/h2-5,12,14,24H,6-11,13H2,1H3,(H,25,29);(H,6,7). The molecule has 0 radical (unpaired) electrons. The zero-order valence-electron chi connectivity index (χ0n) is 22.1. The van der Waals surface area contributed by atoms with E-state index in [0.29, 0.717) is 30.8 Å². The summed E-state index contributed by atoms with van der Waals surface area (Å²) in [7, 11) is -2.68. The summed E-state index contributed by atoms with van der Waals surface area (Å²) in [6, 6.07) is 7.80. The Bertz CT molecular complexity index is 1630. The molecule has 1 aromatic carbocycles. The fourth-order valence-corrected chi connectivity index (χ4v) is 6.21. The fraction of sp³-hybridized carbons (Fsp3) is 0.400. The number of aromatic nitrogens is 3. The number of halogens is 3. The molecule has 0 saturated carbocycles. The number of carboxylic acids is 1. The number of methoxy groups -OCH3 is 1. The van der Waals surface area contributed by atoms with Gasteiger partial charge in [-0.15, -0.1) is 0 Å². The van der Waals surface area contributed by atoms with Gasteiger partial charge in [0.15, 0.2) is 0 Å². The molecule has 5 rings (SSSR count). The number of rotatable bonds is 5. The summed E-state index contributed by atoms with van der Waals surface area (Å²) in [6.45, 7) is 1.93. The number of H-pyrrole nitrogens is 1. The predicted octanol–water partition coefficient (Wildman–Crippen LogP) is 2.06. The molecule has 4 heterocycles. The van der Waals surface area contributed by atoms with Crippen LogP contribution in [-0.4, -0.2) is 77.8 Å². The number of ether oxygens (including phenoxy) is 1. The number of fused-ring (bicyclic) bond motifs is 1. The van der Waals surface area contributed by atoms with Crippen LogP contribution in [0.4, 0.5) is 13.2 Å². The highest BCUT2D eigenvalue weighted by molar-refractivity contribution is 7.89. The van der Waals surface area contributed by atoms with Gasteiger partial charge in [0.1, 0.15) is 0 Å². The Morgan fingerprint density at radius 1 is 1.19 bits per heavy atom. The zero-order chi connectivity index (χ0) is 30.7. The number of alkyl halides is 3. The molecule has 0 spiro atoms. The van der Waals surface area contributed by atoms with Crippen molar-refractivity contribution in [1.82, 2.24) is 24.7 Å². The maximum atomic E-state index is 13.2. The number of aromatic amines is 1. The Morgan fingerprint density at radius 3 is 2.50 bits per heavy atom. The van der Waals surface area contributed by atoms with E-state index in [1.165, 1.54) is 23.5 Å². The van der Waals surface area contributed by atoms with Gasteiger partial charge in [-0.05, 0) is 36.6 Å². The van der Waals surface area contributed by atoms with E-state index in [4.69, 9.17) is 19.2 Å². The number of carbonyl (C=O) groups excluding carboxylic acids is 1. The first-order valence-corrected chi connectivity index (χ1v) is 14.0. The minimum absolute atomic E-state index is 0.00383. The van der Waals surface area contributed by atoms with Crippen molar-refractivity contribution in [3.05, 3.63) is 63.4 Å². The molecule has 1 saturated heterocycles. The molecular formula is C25H26F3N5O8S. The molecule has 0 unspecified atom stereocenters. The molecule has 0 aliphatic carbocycles. The van der Waals surface area contributed by atoms with Gasteiger partial charge in [0.2, 0.25) is 21.7 Å². The number of esters is 1. The first kappa shape index (κ1) is 30.9. The summed E-state index contributed by atoms with van der Waals surface area (Å²) >= 11 is 0. The topological polar surface area (TPSA) is 185 Å². The summed E-state index contributed by atoms with van der Waals surface area (Å²) in [4.78, 5) is 40.8. The van der Waals surface area contributed by atoms with Gasteiger partial charge in [0, 0.05) is 44.2 Å². The summed E-state index contributed by atoms with van der Waals surface area (Å²) in [5, 5.41) is 14.4. The average Bonchev–Trinajstić information content (AvgIpc) is 3.46. The first-order chi connectivity index (χ1) is 19.8. The van der Waals surface area contributed by atoms with Crippen molar-refractivity contribution in [2.45, 2.75) is 42.8 Å². The van der Waals surface area contributed by atoms with Gasteiger partial charge in [0.05, 0.1) is 23.1 Å². The van der Waals surface area contributed by atoms with Crippen molar-refractivity contribution >= 4 is 22.0 Å². The third kappa shape index (κ3) is 6.69. The molecule has 0 atom stereocenters. The van der Waals surface area contributed by atoms with Crippen LogP contribution < -0.4 is 10.9 Å². The van der Waals surface area contributed by atoms with E-state index in [0.717, 1.165) is 24.2 Å². The van der Waals surface area contributed by atoms with E-state index in [-0.39, 0.29) is 40.9 Å². The number of hydrogen-bond donors (Lipinski definition) is 3. The lowest BCUT2D eigenvalue weighted by Gasteiger charge is -2.30. The molecular weight excluding hydrogens is 587 g/mol. The normalized spacial score (nSPS) is 16.2. The summed E-state index contributed by atoms with van der Waals surface area (Å²) in [5.41, 5.74) is 2.01. The van der Waals surface area contributed by atoms with E-state index >= 15 is 0 Å². The Balaban J connectivity index is 0.000000517. The largest absolute Gasteiger partial charge is 0.490 e. The lowest BCUT2D eigenvalue weighted by atomic mass is 9.98. The van der Waals surface area contributed by atoms with Crippen molar-refractivity contribution in [3.8, 4) is 11.4 Å². The van der Waals surface area contributed by atoms with Crippen LogP contribution in [0.25, 0.3) is 11.4 Å². The van der Waals surface area contributed by atoms with Crippen LogP contribution in [0.2, 0.25) is 0 Å². The molecule has 0 bridgehead atoms. The molecule has 2 aromatic heterocycles. The van der Waals surface area contributed by atoms with E-state index in [9.17, 15) is 31.2 Å². The van der Waals surface area contributed by atoms with Crippen LogP contribution in [0.3, 0.4) is 0 Å². The molecule has 226 valence electrons. The number of pyridine rings is 1. The smallest absolute Gasteiger partial charge is 0.475 e. The Kier molecular flexibility index (Phi) is 9.12. The van der Waals surface area contributed by atoms with E-state index in [1.54, 1.807) is 18.2 Å². The van der Waals surface area contributed by atoms with Crippen molar-refractivity contribution in [3.63, 3.8) is 0 Å². The molecule has 3 N–H and O–H groups in total. The molecule has 13 nitrogen and oxygen atoms in total. The summed E-state index contributed by atoms with van der Waals surface area (Å²) in [5.74, 6) is -3.01. The highest BCUT2D eigenvalue weighted by Gasteiger charge is 2.38. The van der Waals surface area contributed by atoms with Crippen molar-refractivity contribution in [2.75, 3.05) is 26.7 Å².